The van der Waals surface area contributed by atoms with Gasteiger partial charge in [0.2, 0.25) is 0 Å². The van der Waals surface area contributed by atoms with E-state index < -0.39 is 0 Å². The van der Waals surface area contributed by atoms with Crippen LogP contribution in [0.25, 0.3) is 11.3 Å². The normalized spacial score (nSPS) is 16.2. The Kier molecular flexibility index (Phi) is 6.46. The summed E-state index contributed by atoms with van der Waals surface area (Å²) in [5.74, 6) is -0.226. The monoisotopic (exact) mass is 398 g/mol. The molecule has 1 aromatic heterocycles. The standard InChI is InChI=1S/C21H22N4O2.ClH/c1-25-19(15-5-3-2-4-6-15)13-18(24-25)21(26)23-17-9-7-16(8-10-17)20-14-22-11-12-27-20;/h2-10,13,20,22H,11-12,14H2,1H3,(H,23,26);1H. The van der Waals surface area contributed by atoms with Gasteiger partial charge in [-0.1, -0.05) is 42.5 Å². The van der Waals surface area contributed by atoms with Gasteiger partial charge < -0.3 is 15.4 Å². The fourth-order valence-corrected chi connectivity index (χ4v) is 3.21. The number of hydrogen-bond donors (Lipinski definition) is 2. The molecule has 1 saturated heterocycles. The smallest absolute Gasteiger partial charge is 0.276 e. The number of carbonyl (C=O) groups is 1. The maximum absolute atomic E-state index is 12.6. The van der Waals surface area contributed by atoms with E-state index in [0.717, 1.165) is 35.6 Å². The second-order valence-electron chi connectivity index (χ2n) is 6.54. The second kappa shape index (κ2) is 9.01. The summed E-state index contributed by atoms with van der Waals surface area (Å²) >= 11 is 0. The number of rotatable bonds is 4. The van der Waals surface area contributed by atoms with Crippen molar-refractivity contribution in [2.45, 2.75) is 6.10 Å². The minimum atomic E-state index is -0.226. The van der Waals surface area contributed by atoms with Crippen LogP contribution in [-0.2, 0) is 11.8 Å². The molecule has 28 heavy (non-hydrogen) atoms. The van der Waals surface area contributed by atoms with Gasteiger partial charge in [0.1, 0.15) is 0 Å². The number of halogens is 1. The molecular weight excluding hydrogens is 376 g/mol. The lowest BCUT2D eigenvalue weighted by Gasteiger charge is -2.24. The Balaban J connectivity index is 0.00000225. The zero-order chi connectivity index (χ0) is 18.6. The lowest BCUT2D eigenvalue weighted by atomic mass is 10.1. The lowest BCUT2D eigenvalue weighted by molar-refractivity contribution is 0.0277. The van der Waals surface area contributed by atoms with Crippen LogP contribution in [0.5, 0.6) is 0 Å². The van der Waals surface area contributed by atoms with Crippen LogP contribution in [0.3, 0.4) is 0 Å². The average molecular weight is 399 g/mol. The maximum Gasteiger partial charge on any atom is 0.276 e. The molecule has 2 N–H and O–H groups in total. The van der Waals surface area contributed by atoms with Gasteiger partial charge in [0.25, 0.3) is 5.91 Å². The SMILES string of the molecule is Cl.Cn1nc(C(=O)Nc2ccc(C3CNCCO3)cc2)cc1-c1ccccc1. The highest BCUT2D eigenvalue weighted by atomic mass is 35.5. The Morgan fingerprint density at radius 2 is 1.93 bits per heavy atom. The molecule has 0 aliphatic carbocycles. The molecule has 2 heterocycles. The van der Waals surface area contributed by atoms with E-state index in [1.807, 2.05) is 61.6 Å². The number of nitrogens with zero attached hydrogens (tertiary/aromatic N) is 2. The Hall–Kier alpha value is -2.67. The zero-order valence-electron chi connectivity index (χ0n) is 15.6. The van der Waals surface area contributed by atoms with Crippen LogP contribution in [0.2, 0.25) is 0 Å². The summed E-state index contributed by atoms with van der Waals surface area (Å²) in [4.78, 5) is 12.6. The summed E-state index contributed by atoms with van der Waals surface area (Å²) in [5, 5.41) is 10.6. The van der Waals surface area contributed by atoms with Crippen LogP contribution in [0.4, 0.5) is 5.69 Å². The number of aryl methyl sites for hydroxylation is 1. The molecule has 1 atom stereocenters. The predicted molar refractivity (Wildman–Crippen MR) is 112 cm³/mol. The molecule has 0 radical (unpaired) electrons. The van der Waals surface area contributed by atoms with Crippen molar-refractivity contribution in [2.24, 2.45) is 7.05 Å². The summed E-state index contributed by atoms with van der Waals surface area (Å²) in [6.07, 6.45) is 0.0627. The fourth-order valence-electron chi connectivity index (χ4n) is 3.21. The highest BCUT2D eigenvalue weighted by molar-refractivity contribution is 6.03. The Morgan fingerprint density at radius 1 is 1.18 bits per heavy atom. The quantitative estimate of drug-likeness (QED) is 0.706. The minimum Gasteiger partial charge on any atom is -0.371 e. The molecule has 0 bridgehead atoms. The van der Waals surface area contributed by atoms with E-state index in [4.69, 9.17) is 4.74 Å². The number of aromatic nitrogens is 2. The molecule has 1 aliphatic rings. The largest absolute Gasteiger partial charge is 0.371 e. The predicted octanol–water partition coefficient (Wildman–Crippen LogP) is 3.42. The van der Waals surface area contributed by atoms with Crippen LogP contribution < -0.4 is 10.6 Å². The van der Waals surface area contributed by atoms with Crippen molar-refractivity contribution >= 4 is 24.0 Å². The molecule has 4 rings (SSSR count). The Labute approximate surface area is 170 Å². The highest BCUT2D eigenvalue weighted by Crippen LogP contribution is 2.22. The summed E-state index contributed by atoms with van der Waals surface area (Å²) in [7, 11) is 1.84. The van der Waals surface area contributed by atoms with Gasteiger partial charge >= 0.3 is 0 Å². The fraction of sp³-hybridized carbons (Fsp3) is 0.238. The third kappa shape index (κ3) is 4.42. The molecule has 146 valence electrons. The molecule has 2 aromatic carbocycles. The molecule has 0 saturated carbocycles. The first kappa shape index (κ1) is 20.1. The van der Waals surface area contributed by atoms with E-state index in [-0.39, 0.29) is 24.4 Å². The van der Waals surface area contributed by atoms with Crippen molar-refractivity contribution in [3.8, 4) is 11.3 Å². The van der Waals surface area contributed by atoms with E-state index in [0.29, 0.717) is 12.3 Å². The Bertz CT molecular complexity index is 919. The first-order valence-electron chi connectivity index (χ1n) is 9.04. The molecule has 1 unspecified atom stereocenters. The van der Waals surface area contributed by atoms with Crippen molar-refractivity contribution in [3.05, 3.63) is 71.9 Å². The molecule has 1 aliphatic heterocycles. The number of ether oxygens (including phenoxy) is 1. The van der Waals surface area contributed by atoms with E-state index in [1.54, 1.807) is 10.7 Å². The van der Waals surface area contributed by atoms with Crippen molar-refractivity contribution in [3.63, 3.8) is 0 Å². The first-order valence-corrected chi connectivity index (χ1v) is 9.04. The summed E-state index contributed by atoms with van der Waals surface area (Å²) in [6.45, 7) is 2.41. The number of morpholine rings is 1. The molecule has 3 aromatic rings. The van der Waals surface area contributed by atoms with Gasteiger partial charge in [-0.2, -0.15) is 5.10 Å². The maximum atomic E-state index is 12.6. The molecule has 0 spiro atoms. The Morgan fingerprint density at radius 3 is 2.61 bits per heavy atom. The first-order chi connectivity index (χ1) is 13.2. The van der Waals surface area contributed by atoms with Crippen LogP contribution in [0.15, 0.2) is 60.7 Å². The summed E-state index contributed by atoms with van der Waals surface area (Å²) in [6, 6.07) is 19.5. The lowest BCUT2D eigenvalue weighted by Crippen LogP contribution is -2.33. The van der Waals surface area contributed by atoms with Crippen molar-refractivity contribution < 1.29 is 9.53 Å². The average Bonchev–Trinajstić information content (AvgIpc) is 3.12. The summed E-state index contributed by atoms with van der Waals surface area (Å²) in [5.41, 5.74) is 4.15. The van der Waals surface area contributed by atoms with E-state index >= 15 is 0 Å². The number of nitrogens with one attached hydrogen (secondary N) is 2. The van der Waals surface area contributed by atoms with Gasteiger partial charge in [-0.15, -0.1) is 12.4 Å². The zero-order valence-corrected chi connectivity index (χ0v) is 16.4. The van der Waals surface area contributed by atoms with Crippen molar-refractivity contribution in [1.82, 2.24) is 15.1 Å². The van der Waals surface area contributed by atoms with Gasteiger partial charge in [-0.3, -0.25) is 9.48 Å². The van der Waals surface area contributed by atoms with E-state index in [2.05, 4.69) is 15.7 Å². The van der Waals surface area contributed by atoms with Crippen LogP contribution in [-0.4, -0.2) is 35.4 Å². The van der Waals surface area contributed by atoms with Crippen LogP contribution >= 0.6 is 12.4 Å². The molecule has 6 nitrogen and oxygen atoms in total. The minimum absolute atomic E-state index is 0. The van der Waals surface area contributed by atoms with Gasteiger partial charge in [0, 0.05) is 25.8 Å². The van der Waals surface area contributed by atoms with Gasteiger partial charge in [-0.05, 0) is 29.3 Å². The van der Waals surface area contributed by atoms with Crippen LogP contribution in [0, 0.1) is 0 Å². The summed E-state index contributed by atoms with van der Waals surface area (Å²) < 4.78 is 7.47. The highest BCUT2D eigenvalue weighted by Gasteiger charge is 2.17. The van der Waals surface area contributed by atoms with Crippen molar-refractivity contribution in [1.29, 1.82) is 0 Å². The topological polar surface area (TPSA) is 68.2 Å². The molecular formula is C21H23ClN4O2. The molecule has 1 amide bonds. The number of benzene rings is 2. The van der Waals surface area contributed by atoms with Gasteiger partial charge in [0.05, 0.1) is 18.4 Å². The van der Waals surface area contributed by atoms with E-state index in [9.17, 15) is 4.79 Å². The number of amides is 1. The number of hydrogen-bond acceptors (Lipinski definition) is 4. The number of anilines is 1. The third-order valence-electron chi connectivity index (χ3n) is 4.65. The molecule has 1 fully saturated rings. The second-order valence-corrected chi connectivity index (χ2v) is 6.54. The number of carbonyl (C=O) groups excluding carboxylic acids is 1. The van der Waals surface area contributed by atoms with Gasteiger partial charge in [-0.25, -0.2) is 0 Å². The van der Waals surface area contributed by atoms with E-state index in [1.165, 1.54) is 0 Å². The molecule has 7 heteroatoms. The third-order valence-corrected chi connectivity index (χ3v) is 4.65. The van der Waals surface area contributed by atoms with Gasteiger partial charge in [0.15, 0.2) is 5.69 Å². The van der Waals surface area contributed by atoms with Crippen LogP contribution in [0.1, 0.15) is 22.2 Å². The van der Waals surface area contributed by atoms with Crippen molar-refractivity contribution in [2.75, 3.05) is 25.0 Å².